The summed E-state index contributed by atoms with van der Waals surface area (Å²) >= 11 is 3.36. The zero-order chi connectivity index (χ0) is 13.1. The monoisotopic (exact) mass is 258 g/mol. The molecule has 1 aromatic rings. The van der Waals surface area contributed by atoms with E-state index in [1.54, 1.807) is 0 Å². The SMILES string of the molecule is [2H]CC([2H])(Cc1ccc(Br)cc1)N([2H])C(C)C. The quantitative estimate of drug-likeness (QED) is 0.874. The Hall–Kier alpha value is -0.340. The Balaban J connectivity index is 2.85. The Morgan fingerprint density at radius 3 is 2.64 bits per heavy atom. The first kappa shape index (κ1) is 7.89. The van der Waals surface area contributed by atoms with Crippen LogP contribution in [0.3, 0.4) is 0 Å². The van der Waals surface area contributed by atoms with Crippen LogP contribution in [0.5, 0.6) is 0 Å². The van der Waals surface area contributed by atoms with E-state index in [0.29, 0.717) is 6.42 Å². The van der Waals surface area contributed by atoms with Crippen LogP contribution in [-0.4, -0.2) is 12.1 Å². The van der Waals surface area contributed by atoms with E-state index in [1.807, 2.05) is 38.1 Å². The maximum absolute atomic E-state index is 8.24. The molecule has 0 fully saturated rings. The maximum Gasteiger partial charge on any atom is 0.123 e. The summed E-state index contributed by atoms with van der Waals surface area (Å²) in [5.74, 6) is 0. The highest BCUT2D eigenvalue weighted by atomic mass is 79.9. The highest BCUT2D eigenvalue weighted by molar-refractivity contribution is 9.10. The average molecular weight is 259 g/mol. The van der Waals surface area contributed by atoms with Crippen molar-refractivity contribution in [2.75, 3.05) is 0 Å². The van der Waals surface area contributed by atoms with Gasteiger partial charge in [-0.15, -0.1) is 0 Å². The second kappa shape index (κ2) is 5.52. The molecule has 0 amide bonds. The molecule has 1 atom stereocenters. The molecule has 0 radical (unpaired) electrons. The van der Waals surface area contributed by atoms with E-state index in [-0.39, 0.29) is 12.9 Å². The highest BCUT2D eigenvalue weighted by Crippen LogP contribution is 2.11. The molecule has 0 bridgehead atoms. The van der Waals surface area contributed by atoms with Crippen LogP contribution in [-0.2, 0) is 6.42 Å². The summed E-state index contributed by atoms with van der Waals surface area (Å²) in [6.07, 6.45) is 0.394. The summed E-state index contributed by atoms with van der Waals surface area (Å²) < 4.78 is 24.6. The summed E-state index contributed by atoms with van der Waals surface area (Å²) in [6, 6.07) is 6.46. The topological polar surface area (TPSA) is 12.0 Å². The molecule has 1 aromatic carbocycles. The van der Waals surface area contributed by atoms with E-state index in [4.69, 9.17) is 4.15 Å². The molecule has 1 nitrogen and oxygen atoms in total. The lowest BCUT2D eigenvalue weighted by molar-refractivity contribution is 0.488. The van der Waals surface area contributed by atoms with Crippen LogP contribution < -0.4 is 5.31 Å². The fourth-order valence-corrected chi connectivity index (χ4v) is 1.51. The van der Waals surface area contributed by atoms with Crippen LogP contribution in [0.15, 0.2) is 28.7 Å². The third-order valence-corrected chi connectivity index (χ3v) is 2.29. The second-order valence-electron chi connectivity index (χ2n) is 3.59. The zero-order valence-electron chi connectivity index (χ0n) is 11.6. The molecule has 0 aliphatic heterocycles. The zero-order valence-corrected chi connectivity index (χ0v) is 10.2. The van der Waals surface area contributed by atoms with Gasteiger partial charge in [-0.05, 0) is 31.0 Å². The molecule has 78 valence electrons. The molecular weight excluding hydrogens is 238 g/mol. The maximum atomic E-state index is 8.24. The Kier molecular flexibility index (Phi) is 3.11. The fourth-order valence-electron chi connectivity index (χ4n) is 1.25. The van der Waals surface area contributed by atoms with Crippen LogP contribution in [0.2, 0.25) is 1.41 Å². The fraction of sp³-hybridized carbons (Fsp3) is 0.500. The van der Waals surface area contributed by atoms with Gasteiger partial charge < -0.3 is 5.31 Å². The number of hydrogen-bond donors (Lipinski definition) is 1. The number of hydrogen-bond acceptors (Lipinski definition) is 1. The Bertz CT molecular complexity index is 355. The minimum absolute atomic E-state index is 0.0618. The summed E-state index contributed by atoms with van der Waals surface area (Å²) in [6.45, 7) is 3.63. The van der Waals surface area contributed by atoms with Crippen LogP contribution in [0, 0.1) is 0 Å². The molecule has 0 aliphatic rings. The lowest BCUT2D eigenvalue weighted by Crippen LogP contribution is -2.33. The van der Waals surface area contributed by atoms with Gasteiger partial charge in [0.2, 0.25) is 0 Å². The Labute approximate surface area is 99.3 Å². The van der Waals surface area contributed by atoms with Gasteiger partial charge in [0.05, 0.1) is 0 Å². The number of nitrogens with one attached hydrogen (secondary N) is 1. The second-order valence-corrected chi connectivity index (χ2v) is 4.51. The summed E-state index contributed by atoms with van der Waals surface area (Å²) in [7, 11) is 0. The number of benzene rings is 1. The molecule has 0 aliphatic carbocycles. The smallest absolute Gasteiger partial charge is 0.123 e. The summed E-state index contributed by atoms with van der Waals surface area (Å²) in [5.41, 5.74) is 0.980. The minimum atomic E-state index is -1.18. The molecule has 14 heavy (non-hydrogen) atoms. The third-order valence-electron chi connectivity index (χ3n) is 1.76. The van der Waals surface area contributed by atoms with Crippen molar-refractivity contribution in [3.05, 3.63) is 34.3 Å². The molecule has 0 saturated carbocycles. The minimum Gasteiger partial charge on any atom is -0.312 e. The number of rotatable bonds is 4. The predicted octanol–water partition coefficient (Wildman–Crippen LogP) is 3.38. The van der Waals surface area contributed by atoms with Gasteiger partial charge in [0, 0.05) is 19.3 Å². The van der Waals surface area contributed by atoms with Crippen molar-refractivity contribution < 1.29 is 4.15 Å². The van der Waals surface area contributed by atoms with Crippen LogP contribution in [0.1, 0.15) is 29.1 Å². The lowest BCUT2D eigenvalue weighted by Gasteiger charge is -2.16. The predicted molar refractivity (Wildman–Crippen MR) is 65.6 cm³/mol. The Morgan fingerprint density at radius 2 is 2.14 bits per heavy atom. The summed E-state index contributed by atoms with van der Waals surface area (Å²) in [5, 5.41) is 1.21. The van der Waals surface area contributed by atoms with E-state index in [1.165, 1.54) is 5.31 Å². The molecule has 0 aromatic heterocycles. The molecule has 0 spiro atoms. The first-order valence-electron chi connectivity index (χ1n) is 6.36. The van der Waals surface area contributed by atoms with Gasteiger partial charge in [0.15, 0.2) is 0 Å². The summed E-state index contributed by atoms with van der Waals surface area (Å²) in [4.78, 5) is 0. The largest absolute Gasteiger partial charge is 0.312 e. The van der Waals surface area contributed by atoms with E-state index in [0.717, 1.165) is 10.0 Å². The molecule has 0 saturated heterocycles. The molecular formula is C12H18BrN. The highest BCUT2D eigenvalue weighted by Gasteiger charge is 2.04. The van der Waals surface area contributed by atoms with Crippen molar-refractivity contribution in [1.29, 1.82) is 0 Å². The van der Waals surface area contributed by atoms with Crippen LogP contribution in [0.4, 0.5) is 0 Å². The Morgan fingerprint density at radius 1 is 1.50 bits per heavy atom. The van der Waals surface area contributed by atoms with Crippen LogP contribution in [0.25, 0.3) is 0 Å². The standard InChI is InChI=1S/C12H18BrN/c1-9(2)14-10(3)8-11-4-6-12(13)7-5-11/h4-7,9-10,14H,8H2,1-3H3/i3D,10D/hD. The van der Waals surface area contributed by atoms with Gasteiger partial charge in [-0.3, -0.25) is 0 Å². The molecule has 1 N–H and O–H groups in total. The normalized spacial score (nSPS) is 18.8. The van der Waals surface area contributed by atoms with Crippen molar-refractivity contribution in [3.8, 4) is 0 Å². The first-order chi connectivity index (χ1) is 7.89. The van der Waals surface area contributed by atoms with Crippen molar-refractivity contribution in [2.24, 2.45) is 0 Å². The van der Waals surface area contributed by atoms with E-state index in [9.17, 15) is 0 Å². The lowest BCUT2D eigenvalue weighted by atomic mass is 10.1. The average Bonchev–Trinajstić information content (AvgIpc) is 2.31. The van der Waals surface area contributed by atoms with E-state index >= 15 is 0 Å². The van der Waals surface area contributed by atoms with Gasteiger partial charge in [0.25, 0.3) is 0 Å². The van der Waals surface area contributed by atoms with Gasteiger partial charge in [0.1, 0.15) is 1.41 Å². The first-order valence-corrected chi connectivity index (χ1v) is 5.50. The van der Waals surface area contributed by atoms with Crippen molar-refractivity contribution >= 4 is 15.9 Å². The molecule has 1 unspecified atom stereocenters. The number of halogens is 1. The van der Waals surface area contributed by atoms with E-state index in [2.05, 4.69) is 15.9 Å². The molecule has 0 heterocycles. The van der Waals surface area contributed by atoms with Crippen molar-refractivity contribution in [1.82, 2.24) is 5.31 Å². The molecule has 1 rings (SSSR count). The van der Waals surface area contributed by atoms with E-state index < -0.39 is 6.02 Å². The third kappa shape index (κ3) is 4.25. The van der Waals surface area contributed by atoms with Crippen molar-refractivity contribution in [2.45, 2.75) is 39.2 Å². The van der Waals surface area contributed by atoms with Crippen molar-refractivity contribution in [3.63, 3.8) is 0 Å². The molecule has 2 heteroatoms. The van der Waals surface area contributed by atoms with Gasteiger partial charge in [-0.25, -0.2) is 0 Å². The van der Waals surface area contributed by atoms with Gasteiger partial charge in [-0.2, -0.15) is 0 Å². The van der Waals surface area contributed by atoms with Gasteiger partial charge in [-0.1, -0.05) is 41.9 Å². The van der Waals surface area contributed by atoms with Gasteiger partial charge >= 0.3 is 0 Å². The van der Waals surface area contributed by atoms with Crippen LogP contribution >= 0.6 is 15.9 Å².